The van der Waals surface area contributed by atoms with Crippen LogP contribution >= 0.6 is 21.6 Å². The largest absolute Gasteiger partial charge is 0.374 e. The Morgan fingerprint density at radius 2 is 0.667 bits per heavy atom. The molecule has 0 aliphatic carbocycles. The van der Waals surface area contributed by atoms with Gasteiger partial charge < -0.3 is 18.9 Å². The standard InChI is InChI=1S/C36H58O4S2/c1-23(2)37-19-27-15-31(35(9,10)11)16-28(20-38-24(3)4)33(27)41-42-34-29(21-39-25(5)6)17-32(36(12,13)14)18-30(34)22-40-26(7)8/h15-18,23-26H,19-22H2,1-14H3. The van der Waals surface area contributed by atoms with Crippen molar-refractivity contribution in [3.8, 4) is 0 Å². The smallest absolute Gasteiger partial charge is 0.0731 e. The van der Waals surface area contributed by atoms with Gasteiger partial charge in [0.25, 0.3) is 0 Å². The van der Waals surface area contributed by atoms with Crippen molar-refractivity contribution in [3.63, 3.8) is 0 Å². The Balaban J connectivity index is 2.69. The minimum Gasteiger partial charge on any atom is -0.374 e. The average molecular weight is 619 g/mol. The molecule has 0 radical (unpaired) electrons. The summed E-state index contributed by atoms with van der Waals surface area (Å²) in [6.07, 6.45) is 0.588. The summed E-state index contributed by atoms with van der Waals surface area (Å²) < 4.78 is 24.8. The summed E-state index contributed by atoms with van der Waals surface area (Å²) in [4.78, 5) is 2.45. The molecule has 4 nitrogen and oxygen atoms in total. The van der Waals surface area contributed by atoms with Crippen LogP contribution in [0.2, 0.25) is 0 Å². The molecule has 2 aromatic rings. The summed E-state index contributed by atoms with van der Waals surface area (Å²) in [6, 6.07) is 9.33. The zero-order valence-electron chi connectivity index (χ0n) is 28.9. The van der Waals surface area contributed by atoms with E-state index in [1.54, 1.807) is 21.6 Å². The number of rotatable bonds is 15. The molecule has 0 amide bonds. The molecule has 0 unspecified atom stereocenters. The van der Waals surface area contributed by atoms with Crippen LogP contribution in [0.4, 0.5) is 0 Å². The topological polar surface area (TPSA) is 36.9 Å². The van der Waals surface area contributed by atoms with Gasteiger partial charge in [-0.25, -0.2) is 0 Å². The van der Waals surface area contributed by atoms with Crippen LogP contribution in [-0.4, -0.2) is 24.4 Å². The molecule has 0 atom stereocenters. The van der Waals surface area contributed by atoms with E-state index < -0.39 is 0 Å². The minimum absolute atomic E-state index is 0.0149. The van der Waals surface area contributed by atoms with Gasteiger partial charge in [0.05, 0.1) is 50.8 Å². The van der Waals surface area contributed by atoms with Gasteiger partial charge in [-0.15, -0.1) is 0 Å². The van der Waals surface area contributed by atoms with Crippen LogP contribution in [0.15, 0.2) is 34.1 Å². The molecule has 6 heteroatoms. The highest BCUT2D eigenvalue weighted by Crippen LogP contribution is 2.46. The lowest BCUT2D eigenvalue weighted by Crippen LogP contribution is -2.15. The van der Waals surface area contributed by atoms with Crippen molar-refractivity contribution in [1.82, 2.24) is 0 Å². The summed E-state index contributed by atoms with van der Waals surface area (Å²) >= 11 is 0. The Bertz CT molecular complexity index is 969. The van der Waals surface area contributed by atoms with Gasteiger partial charge in [-0.1, -0.05) is 87.4 Å². The fraction of sp³-hybridized carbons (Fsp3) is 0.667. The Hall–Kier alpha value is -1.02. The molecule has 2 aromatic carbocycles. The normalized spacial score (nSPS) is 12.9. The second-order valence-electron chi connectivity index (χ2n) is 14.4. The molecule has 0 aromatic heterocycles. The van der Waals surface area contributed by atoms with E-state index in [1.807, 2.05) is 0 Å². The van der Waals surface area contributed by atoms with E-state index in [1.165, 1.54) is 43.2 Å². The number of hydrogen-bond donors (Lipinski definition) is 0. The van der Waals surface area contributed by atoms with Crippen LogP contribution < -0.4 is 0 Å². The molecule has 0 aliphatic heterocycles. The van der Waals surface area contributed by atoms with Crippen molar-refractivity contribution < 1.29 is 18.9 Å². The van der Waals surface area contributed by atoms with Crippen molar-refractivity contribution in [3.05, 3.63) is 57.6 Å². The first-order chi connectivity index (χ1) is 19.4. The van der Waals surface area contributed by atoms with Gasteiger partial charge in [-0.2, -0.15) is 0 Å². The molecule has 0 saturated carbocycles. The lowest BCUT2D eigenvalue weighted by atomic mass is 9.85. The highest BCUT2D eigenvalue weighted by molar-refractivity contribution is 8.76. The van der Waals surface area contributed by atoms with Crippen LogP contribution in [0, 0.1) is 0 Å². The van der Waals surface area contributed by atoms with Crippen LogP contribution in [-0.2, 0) is 56.2 Å². The van der Waals surface area contributed by atoms with E-state index in [9.17, 15) is 0 Å². The Kier molecular flexibility index (Phi) is 14.5. The van der Waals surface area contributed by atoms with Gasteiger partial charge in [0, 0.05) is 9.79 Å². The van der Waals surface area contributed by atoms with Gasteiger partial charge in [-0.3, -0.25) is 0 Å². The zero-order chi connectivity index (χ0) is 31.8. The molecular weight excluding hydrogens is 561 g/mol. The van der Waals surface area contributed by atoms with E-state index in [0.717, 1.165) is 0 Å². The van der Waals surface area contributed by atoms with Crippen molar-refractivity contribution >= 4 is 21.6 Å². The third kappa shape index (κ3) is 12.2. The quantitative estimate of drug-likeness (QED) is 0.185. The molecule has 0 N–H and O–H groups in total. The predicted molar refractivity (Wildman–Crippen MR) is 182 cm³/mol. The van der Waals surface area contributed by atoms with E-state index in [-0.39, 0.29) is 35.2 Å². The van der Waals surface area contributed by atoms with Crippen molar-refractivity contribution in [2.75, 3.05) is 0 Å². The Morgan fingerprint density at radius 3 is 0.833 bits per heavy atom. The van der Waals surface area contributed by atoms with E-state index in [4.69, 9.17) is 18.9 Å². The number of hydrogen-bond acceptors (Lipinski definition) is 6. The first-order valence-corrected chi connectivity index (χ1v) is 17.7. The fourth-order valence-corrected chi connectivity index (χ4v) is 6.98. The monoisotopic (exact) mass is 618 g/mol. The van der Waals surface area contributed by atoms with Gasteiger partial charge in [0.15, 0.2) is 0 Å². The van der Waals surface area contributed by atoms with Gasteiger partial charge in [-0.05, 0) is 99.6 Å². The molecule has 2 rings (SSSR count). The molecule has 0 aliphatic rings. The first kappa shape index (κ1) is 37.2. The lowest BCUT2D eigenvalue weighted by molar-refractivity contribution is 0.0595. The molecule has 0 bridgehead atoms. The molecule has 0 saturated heterocycles. The first-order valence-electron chi connectivity index (χ1n) is 15.5. The average Bonchev–Trinajstić information content (AvgIpc) is 2.85. The maximum absolute atomic E-state index is 6.20. The maximum atomic E-state index is 6.20. The van der Waals surface area contributed by atoms with Gasteiger partial charge in [0.2, 0.25) is 0 Å². The van der Waals surface area contributed by atoms with Crippen molar-refractivity contribution in [1.29, 1.82) is 0 Å². The number of benzene rings is 2. The second-order valence-corrected chi connectivity index (χ2v) is 16.5. The molecule has 0 heterocycles. The van der Waals surface area contributed by atoms with Gasteiger partial charge in [0.1, 0.15) is 0 Å². The maximum Gasteiger partial charge on any atom is 0.0731 e. The molecule has 238 valence electrons. The molecule has 0 fully saturated rings. The van der Waals surface area contributed by atoms with Gasteiger partial charge >= 0.3 is 0 Å². The van der Waals surface area contributed by atoms with Crippen molar-refractivity contribution in [2.45, 2.75) is 168 Å². The third-order valence-corrected chi connectivity index (χ3v) is 9.43. The summed E-state index contributed by atoms with van der Waals surface area (Å²) in [5.74, 6) is 0. The van der Waals surface area contributed by atoms with E-state index in [2.05, 4.69) is 121 Å². The zero-order valence-corrected chi connectivity index (χ0v) is 30.5. The summed E-state index contributed by atoms with van der Waals surface area (Å²) in [5, 5.41) is 0. The highest BCUT2D eigenvalue weighted by Gasteiger charge is 2.24. The summed E-state index contributed by atoms with van der Waals surface area (Å²) in [6.45, 7) is 32.6. The van der Waals surface area contributed by atoms with E-state index >= 15 is 0 Å². The SMILES string of the molecule is CC(C)OCc1cc(C(C)(C)C)cc(COC(C)C)c1SSc1c(COC(C)C)cc(C(C)(C)C)cc1COC(C)C. The Morgan fingerprint density at radius 1 is 0.452 bits per heavy atom. The van der Waals surface area contributed by atoms with Crippen LogP contribution in [0.3, 0.4) is 0 Å². The van der Waals surface area contributed by atoms with Crippen LogP contribution in [0.25, 0.3) is 0 Å². The summed E-state index contributed by atoms with van der Waals surface area (Å²) in [5.41, 5.74) is 7.47. The predicted octanol–water partition coefficient (Wildman–Crippen LogP) is 10.8. The minimum atomic E-state index is 0.0149. The molecule has 42 heavy (non-hydrogen) atoms. The Labute approximate surface area is 265 Å². The highest BCUT2D eigenvalue weighted by atomic mass is 33.1. The fourth-order valence-electron chi connectivity index (χ4n) is 4.13. The number of ether oxygens (including phenoxy) is 4. The molecular formula is C36H58O4S2. The lowest BCUT2D eigenvalue weighted by Gasteiger charge is -2.26. The van der Waals surface area contributed by atoms with Crippen LogP contribution in [0.1, 0.15) is 130 Å². The van der Waals surface area contributed by atoms with Crippen LogP contribution in [0.5, 0.6) is 0 Å². The van der Waals surface area contributed by atoms with Crippen molar-refractivity contribution in [2.24, 2.45) is 0 Å². The molecule has 0 spiro atoms. The third-order valence-electron chi connectivity index (χ3n) is 6.71. The van der Waals surface area contributed by atoms with E-state index in [0.29, 0.717) is 26.4 Å². The second kappa shape index (κ2) is 16.3. The summed E-state index contributed by atoms with van der Waals surface area (Å²) in [7, 11) is 3.61.